The summed E-state index contributed by atoms with van der Waals surface area (Å²) in [7, 11) is 0. The van der Waals surface area contributed by atoms with E-state index in [2.05, 4.69) is 6.92 Å². The number of nitrogens with zero attached hydrogens (tertiary/aromatic N) is 1. The number of halogens is 2. The van der Waals surface area contributed by atoms with Gasteiger partial charge in [-0.1, -0.05) is 24.9 Å². The molecule has 0 aliphatic carbocycles. The number of aromatic hydroxyl groups is 1. The van der Waals surface area contributed by atoms with E-state index in [1.54, 1.807) is 11.0 Å². The van der Waals surface area contributed by atoms with E-state index in [4.69, 9.17) is 23.2 Å². The Morgan fingerprint density at radius 3 is 2.72 bits per heavy atom. The summed E-state index contributed by atoms with van der Waals surface area (Å²) < 4.78 is 0. The standard InChI is InChI=1S/C13H17Cl2NO2/c1-2-3-7-16(8-6-14)13(18)11-9-10(15)4-5-12(11)17/h4-5,9,17H,2-3,6-8H2,1H3. The smallest absolute Gasteiger partial charge is 0.257 e. The van der Waals surface area contributed by atoms with Gasteiger partial charge in [0.1, 0.15) is 5.75 Å². The van der Waals surface area contributed by atoms with E-state index in [1.807, 2.05) is 0 Å². The highest BCUT2D eigenvalue weighted by atomic mass is 35.5. The number of phenols is 1. The molecule has 0 heterocycles. The van der Waals surface area contributed by atoms with Crippen LogP contribution in [0.3, 0.4) is 0 Å². The Morgan fingerprint density at radius 1 is 1.39 bits per heavy atom. The highest BCUT2D eigenvalue weighted by Crippen LogP contribution is 2.23. The molecule has 0 radical (unpaired) electrons. The van der Waals surface area contributed by atoms with Gasteiger partial charge in [0, 0.05) is 24.0 Å². The normalized spacial score (nSPS) is 10.4. The highest BCUT2D eigenvalue weighted by Gasteiger charge is 2.18. The van der Waals surface area contributed by atoms with Crippen LogP contribution in [0, 0.1) is 0 Å². The zero-order chi connectivity index (χ0) is 13.5. The van der Waals surface area contributed by atoms with Gasteiger partial charge in [-0.15, -0.1) is 11.6 Å². The first kappa shape index (κ1) is 15.1. The Balaban J connectivity index is 2.90. The Labute approximate surface area is 117 Å². The van der Waals surface area contributed by atoms with E-state index < -0.39 is 0 Å². The number of carbonyl (C=O) groups is 1. The van der Waals surface area contributed by atoms with Crippen LogP contribution in [0.4, 0.5) is 0 Å². The molecule has 100 valence electrons. The summed E-state index contributed by atoms with van der Waals surface area (Å²) in [4.78, 5) is 13.9. The van der Waals surface area contributed by atoms with E-state index >= 15 is 0 Å². The van der Waals surface area contributed by atoms with E-state index in [-0.39, 0.29) is 17.2 Å². The van der Waals surface area contributed by atoms with Gasteiger partial charge in [-0.2, -0.15) is 0 Å². The second kappa shape index (κ2) is 7.49. The molecule has 1 aromatic carbocycles. The van der Waals surface area contributed by atoms with Crippen LogP contribution in [0.5, 0.6) is 5.75 Å². The number of hydrogen-bond donors (Lipinski definition) is 1. The fourth-order valence-electron chi connectivity index (χ4n) is 1.62. The van der Waals surface area contributed by atoms with Gasteiger partial charge in [-0.25, -0.2) is 0 Å². The number of rotatable bonds is 6. The van der Waals surface area contributed by atoms with Crippen molar-refractivity contribution in [3.8, 4) is 5.75 Å². The van der Waals surface area contributed by atoms with E-state index in [1.165, 1.54) is 12.1 Å². The zero-order valence-electron chi connectivity index (χ0n) is 10.3. The molecule has 0 bridgehead atoms. The predicted octanol–water partition coefficient (Wildman–Crippen LogP) is 3.53. The van der Waals surface area contributed by atoms with Crippen molar-refractivity contribution in [2.24, 2.45) is 0 Å². The number of carbonyl (C=O) groups excluding carboxylic acids is 1. The molecule has 0 saturated heterocycles. The molecule has 0 aromatic heterocycles. The first-order chi connectivity index (χ1) is 8.60. The SMILES string of the molecule is CCCCN(CCCl)C(=O)c1cc(Cl)ccc1O. The Hall–Kier alpha value is -0.930. The molecule has 1 N–H and O–H groups in total. The van der Waals surface area contributed by atoms with Crippen molar-refractivity contribution in [2.45, 2.75) is 19.8 Å². The number of alkyl halides is 1. The van der Waals surface area contributed by atoms with Gasteiger partial charge in [-0.3, -0.25) is 4.79 Å². The van der Waals surface area contributed by atoms with Crippen LogP contribution in [0.25, 0.3) is 0 Å². The lowest BCUT2D eigenvalue weighted by Gasteiger charge is -2.22. The lowest BCUT2D eigenvalue weighted by atomic mass is 10.1. The van der Waals surface area contributed by atoms with Crippen LogP contribution in [0.15, 0.2) is 18.2 Å². The zero-order valence-corrected chi connectivity index (χ0v) is 11.8. The molecule has 1 rings (SSSR count). The average Bonchev–Trinajstić information content (AvgIpc) is 2.36. The topological polar surface area (TPSA) is 40.5 Å². The lowest BCUT2D eigenvalue weighted by molar-refractivity contribution is 0.0760. The summed E-state index contributed by atoms with van der Waals surface area (Å²) in [6, 6.07) is 4.45. The molecular weight excluding hydrogens is 273 g/mol. The number of phenolic OH excluding ortho intramolecular Hbond substituents is 1. The minimum absolute atomic E-state index is 0.0551. The molecule has 5 heteroatoms. The van der Waals surface area contributed by atoms with Gasteiger partial charge in [0.25, 0.3) is 5.91 Å². The minimum Gasteiger partial charge on any atom is -0.507 e. The van der Waals surface area contributed by atoms with Crippen LogP contribution >= 0.6 is 23.2 Å². The van der Waals surface area contributed by atoms with Gasteiger partial charge in [0.15, 0.2) is 0 Å². The number of amides is 1. The lowest BCUT2D eigenvalue weighted by Crippen LogP contribution is -2.33. The third kappa shape index (κ3) is 4.07. The van der Waals surface area contributed by atoms with Crippen molar-refractivity contribution < 1.29 is 9.90 Å². The third-order valence-electron chi connectivity index (χ3n) is 2.61. The van der Waals surface area contributed by atoms with Crippen LogP contribution in [0.1, 0.15) is 30.1 Å². The van der Waals surface area contributed by atoms with Crippen molar-refractivity contribution in [1.82, 2.24) is 4.90 Å². The molecule has 0 unspecified atom stereocenters. The fraction of sp³-hybridized carbons (Fsp3) is 0.462. The maximum Gasteiger partial charge on any atom is 0.257 e. The first-order valence-electron chi connectivity index (χ1n) is 5.94. The van der Waals surface area contributed by atoms with E-state index in [9.17, 15) is 9.90 Å². The average molecular weight is 290 g/mol. The van der Waals surface area contributed by atoms with Crippen molar-refractivity contribution in [2.75, 3.05) is 19.0 Å². The van der Waals surface area contributed by atoms with Gasteiger partial charge in [0.2, 0.25) is 0 Å². The molecule has 1 amide bonds. The van der Waals surface area contributed by atoms with Crippen molar-refractivity contribution in [3.05, 3.63) is 28.8 Å². The number of benzene rings is 1. The van der Waals surface area contributed by atoms with Crippen LogP contribution < -0.4 is 0 Å². The summed E-state index contributed by atoms with van der Waals surface area (Å²) in [5.74, 6) is 0.0844. The fourth-order valence-corrected chi connectivity index (χ4v) is 1.99. The van der Waals surface area contributed by atoms with Crippen molar-refractivity contribution >= 4 is 29.1 Å². The van der Waals surface area contributed by atoms with Crippen molar-refractivity contribution in [1.29, 1.82) is 0 Å². The maximum atomic E-state index is 12.3. The summed E-state index contributed by atoms with van der Waals surface area (Å²) >= 11 is 11.5. The summed E-state index contributed by atoms with van der Waals surface area (Å²) in [5, 5.41) is 10.1. The third-order valence-corrected chi connectivity index (χ3v) is 3.02. The van der Waals surface area contributed by atoms with Gasteiger partial charge < -0.3 is 10.0 Å². The van der Waals surface area contributed by atoms with E-state index in [0.717, 1.165) is 12.8 Å². The number of unbranched alkanes of at least 4 members (excludes halogenated alkanes) is 1. The highest BCUT2D eigenvalue weighted by molar-refractivity contribution is 6.31. The minimum atomic E-state index is -0.232. The monoisotopic (exact) mass is 289 g/mol. The van der Waals surface area contributed by atoms with Crippen molar-refractivity contribution in [3.63, 3.8) is 0 Å². The van der Waals surface area contributed by atoms with E-state index in [0.29, 0.717) is 24.0 Å². The summed E-state index contributed by atoms with van der Waals surface area (Å²) in [6.07, 6.45) is 1.90. The predicted molar refractivity (Wildman–Crippen MR) is 74.6 cm³/mol. The molecule has 0 saturated carbocycles. The van der Waals surface area contributed by atoms with Gasteiger partial charge in [0.05, 0.1) is 5.56 Å². The second-order valence-corrected chi connectivity index (χ2v) is 4.81. The summed E-state index contributed by atoms with van der Waals surface area (Å²) in [5.41, 5.74) is 0.226. The molecule has 0 spiro atoms. The molecule has 1 aromatic rings. The number of hydrogen-bond acceptors (Lipinski definition) is 2. The molecule has 0 fully saturated rings. The van der Waals surface area contributed by atoms with Crippen LogP contribution in [-0.4, -0.2) is 34.9 Å². The molecule has 0 aliphatic heterocycles. The molecule has 3 nitrogen and oxygen atoms in total. The van der Waals surface area contributed by atoms with Gasteiger partial charge in [-0.05, 0) is 24.6 Å². The molecule has 0 aliphatic rings. The molecular formula is C13H17Cl2NO2. The second-order valence-electron chi connectivity index (χ2n) is 4.00. The largest absolute Gasteiger partial charge is 0.507 e. The van der Waals surface area contributed by atoms with Crippen LogP contribution in [0.2, 0.25) is 5.02 Å². The Morgan fingerprint density at radius 2 is 2.11 bits per heavy atom. The van der Waals surface area contributed by atoms with Gasteiger partial charge >= 0.3 is 0 Å². The molecule has 18 heavy (non-hydrogen) atoms. The molecule has 0 atom stereocenters. The first-order valence-corrected chi connectivity index (χ1v) is 6.85. The quantitative estimate of drug-likeness (QED) is 0.814. The van der Waals surface area contributed by atoms with Crippen LogP contribution in [-0.2, 0) is 0 Å². The maximum absolute atomic E-state index is 12.3. The summed E-state index contributed by atoms with van der Waals surface area (Å²) in [6.45, 7) is 3.15. The Kier molecular flexibility index (Phi) is 6.30. The Bertz CT molecular complexity index is 410.